The fourth-order valence-electron chi connectivity index (χ4n) is 2.79. The number of nitrogens with one attached hydrogen (secondary N) is 2. The number of unbranched alkanes of at least 4 members (excludes halogenated alkanes) is 2. The van der Waals surface area contributed by atoms with Gasteiger partial charge in [0.1, 0.15) is 16.8 Å². The van der Waals surface area contributed by atoms with Crippen LogP contribution in [0.3, 0.4) is 0 Å². The Morgan fingerprint density at radius 2 is 1.86 bits per heavy atom. The van der Waals surface area contributed by atoms with Crippen molar-refractivity contribution in [3.05, 3.63) is 24.3 Å². The Hall–Kier alpha value is -2.48. The quantitative estimate of drug-likeness (QED) is 0.532. The van der Waals surface area contributed by atoms with Crippen molar-refractivity contribution in [3.8, 4) is 16.3 Å². The van der Waals surface area contributed by atoms with Crippen molar-refractivity contribution in [2.75, 3.05) is 12.4 Å². The van der Waals surface area contributed by atoms with E-state index in [0.717, 1.165) is 37.0 Å². The van der Waals surface area contributed by atoms with Gasteiger partial charge in [0.15, 0.2) is 0 Å². The van der Waals surface area contributed by atoms with Crippen molar-refractivity contribution in [1.29, 1.82) is 0 Å². The second kappa shape index (κ2) is 11.5. The maximum absolute atomic E-state index is 12.8. The number of amides is 2. The third kappa shape index (κ3) is 6.81. The highest BCUT2D eigenvalue weighted by Crippen LogP contribution is 2.28. The number of nitrogens with zero attached hydrogens (tertiary/aromatic N) is 2. The van der Waals surface area contributed by atoms with Gasteiger partial charge in [-0.15, -0.1) is 10.2 Å². The highest BCUT2D eigenvalue weighted by atomic mass is 32.1. The molecule has 0 radical (unpaired) electrons. The first-order valence-corrected chi connectivity index (χ1v) is 10.9. The predicted octanol–water partition coefficient (Wildman–Crippen LogP) is 4.26. The summed E-state index contributed by atoms with van der Waals surface area (Å²) < 4.78 is 5.16. The van der Waals surface area contributed by atoms with Crippen LogP contribution in [0.25, 0.3) is 10.6 Å². The highest BCUT2D eigenvalue weighted by molar-refractivity contribution is 7.18. The normalized spacial score (nSPS) is 12.8. The molecule has 1 aromatic carbocycles. The van der Waals surface area contributed by atoms with E-state index in [-0.39, 0.29) is 17.7 Å². The molecule has 2 amide bonds. The molecule has 1 aromatic heterocycles. The smallest absolute Gasteiger partial charge is 0.249 e. The van der Waals surface area contributed by atoms with Crippen LogP contribution in [0.4, 0.5) is 5.13 Å². The molecule has 0 aliphatic carbocycles. The molecular weight excluding hydrogens is 388 g/mol. The molecule has 2 aromatic rings. The van der Waals surface area contributed by atoms with Crippen molar-refractivity contribution in [1.82, 2.24) is 15.5 Å². The molecule has 158 valence electrons. The Labute approximate surface area is 176 Å². The molecule has 0 fully saturated rings. The van der Waals surface area contributed by atoms with Gasteiger partial charge in [-0.1, -0.05) is 51.4 Å². The van der Waals surface area contributed by atoms with E-state index >= 15 is 0 Å². The number of aromatic nitrogens is 2. The van der Waals surface area contributed by atoms with E-state index in [2.05, 4.69) is 27.8 Å². The summed E-state index contributed by atoms with van der Waals surface area (Å²) in [6.07, 6.45) is 4.11. The van der Waals surface area contributed by atoms with Gasteiger partial charge in [-0.2, -0.15) is 0 Å². The van der Waals surface area contributed by atoms with E-state index < -0.39 is 6.04 Å². The van der Waals surface area contributed by atoms with Crippen LogP contribution in [-0.2, 0) is 9.59 Å². The number of benzene rings is 1. The summed E-state index contributed by atoms with van der Waals surface area (Å²) in [6, 6.07) is 6.89. The van der Waals surface area contributed by atoms with Crippen molar-refractivity contribution in [2.45, 2.75) is 58.9 Å². The summed E-state index contributed by atoms with van der Waals surface area (Å²) in [5, 5.41) is 15.0. The summed E-state index contributed by atoms with van der Waals surface area (Å²) in [5.74, 6) is 0.424. The molecule has 0 bridgehead atoms. The van der Waals surface area contributed by atoms with Gasteiger partial charge < -0.3 is 10.1 Å². The molecule has 7 nitrogen and oxygen atoms in total. The van der Waals surface area contributed by atoms with E-state index in [1.165, 1.54) is 11.3 Å². The first-order chi connectivity index (χ1) is 14.0. The maximum Gasteiger partial charge on any atom is 0.249 e. The standard InChI is InChI=1S/C21H30N4O3S/c1-5-7-8-9-17(26)22-18(14(3)6-2)19(27)23-21-25-24-20(29-21)15-10-12-16(28-4)13-11-15/h10-14,18H,5-9H2,1-4H3,(H,22,26)(H,23,25,27)/t14-,18-/m1/s1. The SMILES string of the molecule is CCCCCC(=O)N[C@@H](C(=O)Nc1nnc(-c2ccc(OC)cc2)s1)[C@H](C)CC. The molecular formula is C21H30N4O3S. The van der Waals surface area contributed by atoms with E-state index in [0.29, 0.717) is 16.6 Å². The van der Waals surface area contributed by atoms with E-state index in [4.69, 9.17) is 4.74 Å². The average Bonchev–Trinajstić information content (AvgIpc) is 3.20. The lowest BCUT2D eigenvalue weighted by Gasteiger charge is -2.23. The molecule has 2 atom stereocenters. The van der Waals surface area contributed by atoms with Crippen LogP contribution in [0, 0.1) is 5.92 Å². The molecule has 2 N–H and O–H groups in total. The lowest BCUT2D eigenvalue weighted by atomic mass is 9.98. The maximum atomic E-state index is 12.8. The summed E-state index contributed by atoms with van der Waals surface area (Å²) in [7, 11) is 1.61. The molecule has 29 heavy (non-hydrogen) atoms. The van der Waals surface area contributed by atoms with Gasteiger partial charge in [0.2, 0.25) is 16.9 Å². The molecule has 2 rings (SSSR count). The number of hydrogen-bond acceptors (Lipinski definition) is 6. The Morgan fingerprint density at radius 1 is 1.14 bits per heavy atom. The van der Waals surface area contributed by atoms with Crippen LogP contribution in [0.2, 0.25) is 0 Å². The van der Waals surface area contributed by atoms with Gasteiger partial charge in [-0.3, -0.25) is 14.9 Å². The molecule has 0 spiro atoms. The second-order valence-electron chi connectivity index (χ2n) is 7.02. The average molecular weight is 419 g/mol. The topological polar surface area (TPSA) is 93.2 Å². The van der Waals surface area contributed by atoms with Crippen LogP contribution >= 0.6 is 11.3 Å². The predicted molar refractivity (Wildman–Crippen MR) is 116 cm³/mol. The minimum Gasteiger partial charge on any atom is -0.497 e. The Kier molecular flexibility index (Phi) is 9.05. The first-order valence-electron chi connectivity index (χ1n) is 10.1. The van der Waals surface area contributed by atoms with Gasteiger partial charge in [0.05, 0.1) is 7.11 Å². The van der Waals surface area contributed by atoms with Gasteiger partial charge in [-0.05, 0) is 36.6 Å². The number of carbonyl (C=O) groups is 2. The zero-order valence-electron chi connectivity index (χ0n) is 17.5. The van der Waals surface area contributed by atoms with Crippen molar-refractivity contribution >= 4 is 28.3 Å². The van der Waals surface area contributed by atoms with E-state index in [1.807, 2.05) is 38.1 Å². The van der Waals surface area contributed by atoms with E-state index in [9.17, 15) is 9.59 Å². The van der Waals surface area contributed by atoms with Crippen molar-refractivity contribution in [3.63, 3.8) is 0 Å². The third-order valence-electron chi connectivity index (χ3n) is 4.81. The summed E-state index contributed by atoms with van der Waals surface area (Å²) in [6.45, 7) is 6.05. The van der Waals surface area contributed by atoms with Gasteiger partial charge in [-0.25, -0.2) is 0 Å². The molecule has 0 aliphatic heterocycles. The number of rotatable bonds is 11. The number of hydrogen-bond donors (Lipinski definition) is 2. The number of ether oxygens (including phenoxy) is 1. The Morgan fingerprint density at radius 3 is 2.48 bits per heavy atom. The number of carbonyl (C=O) groups excluding carboxylic acids is 2. The summed E-state index contributed by atoms with van der Waals surface area (Å²) in [4.78, 5) is 25.0. The van der Waals surface area contributed by atoms with Gasteiger partial charge in [0, 0.05) is 12.0 Å². The molecule has 0 saturated carbocycles. The highest BCUT2D eigenvalue weighted by Gasteiger charge is 2.26. The molecule has 0 aliphatic rings. The summed E-state index contributed by atoms with van der Waals surface area (Å²) >= 11 is 1.29. The fraction of sp³-hybridized carbons (Fsp3) is 0.524. The Bertz CT molecular complexity index is 791. The third-order valence-corrected chi connectivity index (χ3v) is 5.70. The minimum absolute atomic E-state index is 0.0131. The number of anilines is 1. The minimum atomic E-state index is -0.595. The molecule has 8 heteroatoms. The van der Waals surface area contributed by atoms with Crippen LogP contribution in [0.15, 0.2) is 24.3 Å². The zero-order chi connectivity index (χ0) is 21.2. The second-order valence-corrected chi connectivity index (χ2v) is 8.00. The molecule has 0 saturated heterocycles. The Balaban J connectivity index is 2.02. The number of methoxy groups -OCH3 is 1. The lowest BCUT2D eigenvalue weighted by molar-refractivity contribution is -0.127. The monoisotopic (exact) mass is 418 g/mol. The molecule has 0 unspecified atom stereocenters. The molecule has 1 heterocycles. The van der Waals surface area contributed by atoms with Crippen LogP contribution < -0.4 is 15.4 Å². The lowest BCUT2D eigenvalue weighted by Crippen LogP contribution is -2.47. The summed E-state index contributed by atoms with van der Waals surface area (Å²) in [5.41, 5.74) is 0.895. The van der Waals surface area contributed by atoms with Crippen LogP contribution in [0.5, 0.6) is 5.75 Å². The first kappa shape index (κ1) is 22.8. The largest absolute Gasteiger partial charge is 0.497 e. The van der Waals surface area contributed by atoms with Gasteiger partial charge >= 0.3 is 0 Å². The van der Waals surface area contributed by atoms with E-state index in [1.54, 1.807) is 7.11 Å². The van der Waals surface area contributed by atoms with Gasteiger partial charge in [0.25, 0.3) is 0 Å². The fourth-order valence-corrected chi connectivity index (χ4v) is 3.54. The van der Waals surface area contributed by atoms with Crippen LogP contribution in [0.1, 0.15) is 52.9 Å². The van der Waals surface area contributed by atoms with Crippen molar-refractivity contribution in [2.24, 2.45) is 5.92 Å². The van der Waals surface area contributed by atoms with Crippen molar-refractivity contribution < 1.29 is 14.3 Å². The zero-order valence-corrected chi connectivity index (χ0v) is 18.3. The van der Waals surface area contributed by atoms with Crippen LogP contribution in [-0.4, -0.2) is 35.2 Å².